The van der Waals surface area contributed by atoms with Gasteiger partial charge in [-0.1, -0.05) is 42.5 Å². The summed E-state index contributed by atoms with van der Waals surface area (Å²) >= 11 is 0. The minimum absolute atomic E-state index is 0.354. The van der Waals surface area contributed by atoms with E-state index in [-0.39, 0.29) is 0 Å². The Kier molecular flexibility index (Phi) is 4.07. The van der Waals surface area contributed by atoms with Crippen LogP contribution in [0.1, 0.15) is 0 Å². The van der Waals surface area contributed by atoms with Gasteiger partial charge in [-0.2, -0.15) is 0 Å². The van der Waals surface area contributed by atoms with E-state index in [2.05, 4.69) is 12.1 Å². The summed E-state index contributed by atoms with van der Waals surface area (Å²) in [7, 11) is 0. The Hall–Kier alpha value is -2.97. The van der Waals surface area contributed by atoms with Crippen molar-refractivity contribution in [2.24, 2.45) is 0 Å². The molecule has 1 fully saturated rings. The first-order valence-corrected chi connectivity index (χ1v) is 9.21. The van der Waals surface area contributed by atoms with E-state index < -0.39 is 36.7 Å². The first-order valence-electron chi connectivity index (χ1n) is 9.21. The van der Waals surface area contributed by atoms with Gasteiger partial charge in [-0.05, 0) is 44.5 Å². The minimum atomic E-state index is -1.76. The largest absolute Gasteiger partial charge is 0.479 e. The summed E-state index contributed by atoms with van der Waals surface area (Å²) in [5, 5.41) is 45.5. The van der Waals surface area contributed by atoms with Crippen LogP contribution in [0.4, 0.5) is 0 Å². The van der Waals surface area contributed by atoms with Crippen LogP contribution in [0.3, 0.4) is 0 Å². The third-order valence-corrected chi connectivity index (χ3v) is 5.50. The molecule has 4 N–H and O–H groups in total. The molecule has 7 nitrogen and oxygen atoms in total. The van der Waals surface area contributed by atoms with E-state index in [1.807, 2.05) is 30.3 Å². The average molecular weight is 394 g/mol. The van der Waals surface area contributed by atoms with E-state index in [0.29, 0.717) is 5.75 Å². The zero-order chi connectivity index (χ0) is 20.3. The summed E-state index contributed by atoms with van der Waals surface area (Å²) in [6, 6.07) is 17.6. The van der Waals surface area contributed by atoms with Crippen molar-refractivity contribution in [1.82, 2.24) is 0 Å². The fraction of sp³-hybridized carbons (Fsp3) is 0.227. The first kappa shape index (κ1) is 18.1. The molecule has 1 saturated heterocycles. The second kappa shape index (κ2) is 6.53. The van der Waals surface area contributed by atoms with Crippen molar-refractivity contribution in [3.05, 3.63) is 54.6 Å². The summed E-state index contributed by atoms with van der Waals surface area (Å²) in [6.45, 7) is 0. The predicted molar refractivity (Wildman–Crippen MR) is 105 cm³/mol. The lowest BCUT2D eigenvalue weighted by molar-refractivity contribution is -0.271. The Bertz CT molecular complexity index is 1160. The number of aliphatic carboxylic acids is 1. The fourth-order valence-electron chi connectivity index (χ4n) is 4.08. The molecule has 1 heterocycles. The smallest absolute Gasteiger partial charge is 0.335 e. The van der Waals surface area contributed by atoms with Crippen LogP contribution < -0.4 is 4.74 Å². The molecule has 29 heavy (non-hydrogen) atoms. The van der Waals surface area contributed by atoms with Gasteiger partial charge < -0.3 is 29.9 Å². The molecule has 1 aliphatic heterocycles. The number of rotatable bonds is 3. The van der Waals surface area contributed by atoms with E-state index >= 15 is 0 Å². The third kappa shape index (κ3) is 2.79. The van der Waals surface area contributed by atoms with Gasteiger partial charge in [0.25, 0.3) is 0 Å². The number of carbonyl (C=O) groups is 1. The number of carboxylic acids is 1. The number of aliphatic hydroxyl groups excluding tert-OH is 3. The monoisotopic (exact) mass is 394 g/mol. The Balaban J connectivity index is 1.56. The Morgan fingerprint density at radius 2 is 1.34 bits per heavy atom. The van der Waals surface area contributed by atoms with E-state index in [1.165, 1.54) is 0 Å². The second-order valence-electron chi connectivity index (χ2n) is 7.31. The standard InChI is InChI=1S/C22H18O7/c23-17-18(24)20(21(26)27)29-22(19(17)25)28-14-8-12-6-4-10-2-1-3-11-5-7-13(9-14)16(12)15(10)11/h1-9,17-20,22-25H,(H,26,27)/t17-,18-,19+,20-,22?/m0/s1. The van der Waals surface area contributed by atoms with E-state index in [1.54, 1.807) is 12.1 Å². The highest BCUT2D eigenvalue weighted by molar-refractivity contribution is 6.23. The molecule has 0 radical (unpaired) electrons. The fourth-order valence-corrected chi connectivity index (χ4v) is 4.08. The molecule has 4 aromatic rings. The number of carboxylic acid groups (broad SMARTS) is 1. The molecule has 5 atom stereocenters. The molecule has 0 bridgehead atoms. The number of aliphatic hydroxyl groups is 3. The maximum Gasteiger partial charge on any atom is 0.335 e. The zero-order valence-corrected chi connectivity index (χ0v) is 15.1. The van der Waals surface area contributed by atoms with Crippen molar-refractivity contribution in [1.29, 1.82) is 0 Å². The molecule has 1 aliphatic rings. The van der Waals surface area contributed by atoms with Crippen LogP contribution in [0.25, 0.3) is 32.3 Å². The van der Waals surface area contributed by atoms with Gasteiger partial charge in [0, 0.05) is 0 Å². The second-order valence-corrected chi connectivity index (χ2v) is 7.31. The molecule has 0 spiro atoms. The van der Waals surface area contributed by atoms with Gasteiger partial charge in [-0.25, -0.2) is 4.79 Å². The Labute approximate surface area is 164 Å². The van der Waals surface area contributed by atoms with Crippen molar-refractivity contribution in [3.8, 4) is 5.75 Å². The minimum Gasteiger partial charge on any atom is -0.479 e. The molecule has 5 rings (SSSR count). The molecule has 7 heteroatoms. The molecule has 1 unspecified atom stereocenters. The van der Waals surface area contributed by atoms with Crippen LogP contribution in [0, 0.1) is 0 Å². The van der Waals surface area contributed by atoms with Crippen LogP contribution in [0.2, 0.25) is 0 Å². The molecule has 0 saturated carbocycles. The van der Waals surface area contributed by atoms with E-state index in [9.17, 15) is 25.2 Å². The Morgan fingerprint density at radius 3 is 1.93 bits per heavy atom. The van der Waals surface area contributed by atoms with Gasteiger partial charge in [0.15, 0.2) is 6.10 Å². The number of hydrogen-bond donors (Lipinski definition) is 4. The van der Waals surface area contributed by atoms with Crippen LogP contribution in [0.5, 0.6) is 5.75 Å². The SMILES string of the molecule is O=C(O)[C@H]1OC(Oc2cc3ccc4cccc5ccc(c2)c3c45)[C@H](O)[C@@H](O)[C@@H]1O. The van der Waals surface area contributed by atoms with Gasteiger partial charge >= 0.3 is 5.97 Å². The first-order chi connectivity index (χ1) is 13.9. The molecule has 0 aromatic heterocycles. The highest BCUT2D eigenvalue weighted by Gasteiger charge is 2.48. The lowest BCUT2D eigenvalue weighted by Gasteiger charge is -2.38. The van der Waals surface area contributed by atoms with Crippen LogP contribution in [-0.4, -0.2) is 57.1 Å². The van der Waals surface area contributed by atoms with Crippen LogP contribution in [-0.2, 0) is 9.53 Å². The molecule has 0 aliphatic carbocycles. The molecular weight excluding hydrogens is 376 g/mol. The summed E-state index contributed by atoms with van der Waals surface area (Å²) < 4.78 is 10.9. The average Bonchev–Trinajstić information content (AvgIpc) is 2.72. The summed E-state index contributed by atoms with van der Waals surface area (Å²) in [5.74, 6) is -1.10. The lowest BCUT2D eigenvalue weighted by Crippen LogP contribution is -2.61. The third-order valence-electron chi connectivity index (χ3n) is 5.50. The predicted octanol–water partition coefficient (Wildman–Crippen LogP) is 1.85. The van der Waals surface area contributed by atoms with Gasteiger partial charge in [-0.15, -0.1) is 0 Å². The van der Waals surface area contributed by atoms with E-state index in [4.69, 9.17) is 9.47 Å². The van der Waals surface area contributed by atoms with Crippen molar-refractivity contribution in [3.63, 3.8) is 0 Å². The Morgan fingerprint density at radius 1 is 0.793 bits per heavy atom. The molecule has 4 aromatic carbocycles. The van der Waals surface area contributed by atoms with Crippen molar-refractivity contribution < 1.29 is 34.7 Å². The summed E-state index contributed by atoms with van der Waals surface area (Å²) in [4.78, 5) is 11.3. The molecular formula is C22H18O7. The van der Waals surface area contributed by atoms with Crippen LogP contribution in [0.15, 0.2) is 54.6 Å². The maximum atomic E-state index is 11.3. The quantitative estimate of drug-likeness (QED) is 0.392. The summed E-state index contributed by atoms with van der Waals surface area (Å²) in [6.07, 6.45) is -8.22. The van der Waals surface area contributed by atoms with Gasteiger partial charge in [0.05, 0.1) is 0 Å². The lowest BCUT2D eigenvalue weighted by atomic mass is 9.94. The van der Waals surface area contributed by atoms with Gasteiger partial charge in [0.1, 0.15) is 24.1 Å². The normalized spacial score (nSPS) is 27.6. The molecule has 0 amide bonds. The van der Waals surface area contributed by atoms with Crippen molar-refractivity contribution in [2.45, 2.75) is 30.7 Å². The zero-order valence-electron chi connectivity index (χ0n) is 15.1. The van der Waals surface area contributed by atoms with E-state index in [0.717, 1.165) is 32.3 Å². The number of hydrogen-bond acceptors (Lipinski definition) is 6. The van der Waals surface area contributed by atoms with Crippen molar-refractivity contribution in [2.75, 3.05) is 0 Å². The highest BCUT2D eigenvalue weighted by Crippen LogP contribution is 2.37. The van der Waals surface area contributed by atoms with Crippen molar-refractivity contribution >= 4 is 38.3 Å². The molecule has 148 valence electrons. The number of ether oxygens (including phenoxy) is 2. The van der Waals surface area contributed by atoms with Gasteiger partial charge in [-0.3, -0.25) is 0 Å². The highest BCUT2D eigenvalue weighted by atomic mass is 16.7. The van der Waals surface area contributed by atoms with Crippen LogP contribution >= 0.6 is 0 Å². The summed E-state index contributed by atoms with van der Waals surface area (Å²) in [5.41, 5.74) is 0. The maximum absolute atomic E-state index is 11.3. The van der Waals surface area contributed by atoms with Gasteiger partial charge in [0.2, 0.25) is 6.29 Å². The topological polar surface area (TPSA) is 116 Å². The number of benzene rings is 4.